The Morgan fingerprint density at radius 3 is 2.11 bits per heavy atom. The number of aryl methyl sites for hydroxylation is 1. The second kappa shape index (κ2) is 11.3. The Bertz CT molecular complexity index is 1250. The number of carbonyl (C=O) groups is 3. The van der Waals surface area contributed by atoms with Crippen molar-refractivity contribution in [1.29, 1.82) is 0 Å². The fraction of sp³-hybridized carbons (Fsp3) is 0.160. The quantitative estimate of drug-likeness (QED) is 0.226. The van der Waals surface area contributed by atoms with Crippen molar-refractivity contribution in [1.82, 2.24) is 5.32 Å². The molecule has 3 aromatic carbocycles. The average Bonchev–Trinajstić information content (AvgIpc) is 2.85. The summed E-state index contributed by atoms with van der Waals surface area (Å²) in [5.41, 5.74) is 2.25. The van der Waals surface area contributed by atoms with Gasteiger partial charge in [-0.05, 0) is 6.92 Å². The first-order valence-electron chi connectivity index (χ1n) is 10.6. The van der Waals surface area contributed by atoms with Crippen LogP contribution in [0.3, 0.4) is 0 Å². The molecule has 0 spiro atoms. The minimum absolute atomic E-state index is 0.127. The molecule has 9 nitrogen and oxygen atoms in total. The number of hydrogen-bond acceptors (Lipinski definition) is 6. The van der Waals surface area contributed by atoms with Crippen LogP contribution < -0.4 is 14.6 Å². The van der Waals surface area contributed by atoms with Gasteiger partial charge in [-0.1, -0.05) is 5.56 Å². The molecule has 0 saturated heterocycles. The molecule has 10 heteroatoms. The zero-order valence-corrected chi connectivity index (χ0v) is 21.0. The van der Waals surface area contributed by atoms with E-state index < -0.39 is 37.9 Å². The summed E-state index contributed by atoms with van der Waals surface area (Å²) in [6.45, 7) is 3.09. The molecule has 0 bridgehead atoms. The maximum atomic E-state index is 13.6. The number of imide groups is 1. The second-order valence-electron chi connectivity index (χ2n) is 7.89. The summed E-state index contributed by atoms with van der Waals surface area (Å²) in [7, 11) is 0. The van der Waals surface area contributed by atoms with Crippen molar-refractivity contribution in [3.8, 4) is 0 Å². The predicted molar refractivity (Wildman–Crippen MR) is 129 cm³/mol. The topological polar surface area (TPSA) is 133 Å². The van der Waals surface area contributed by atoms with E-state index in [1.165, 1.54) is 31.2 Å². The third-order valence-corrected chi connectivity index (χ3v) is 7.74. The molecule has 35 heavy (non-hydrogen) atoms. The molecule has 0 radical (unpaired) electrons. The van der Waals surface area contributed by atoms with Gasteiger partial charge in [-0.3, -0.25) is 0 Å². The van der Waals surface area contributed by atoms with Gasteiger partial charge in [-0.25, -0.2) is 0 Å². The van der Waals surface area contributed by atoms with Crippen molar-refractivity contribution in [2.24, 2.45) is 0 Å². The Labute approximate surface area is 205 Å². The van der Waals surface area contributed by atoms with Gasteiger partial charge in [0, 0.05) is 0 Å². The summed E-state index contributed by atoms with van der Waals surface area (Å²) in [6, 6.07) is 19.8. The fourth-order valence-electron chi connectivity index (χ4n) is 3.45. The Morgan fingerprint density at radius 1 is 0.971 bits per heavy atom. The van der Waals surface area contributed by atoms with E-state index in [0.29, 0.717) is 5.56 Å². The van der Waals surface area contributed by atoms with Crippen LogP contribution in [-0.2, 0) is 23.6 Å². The standard InChI is InChI=1S/C25H25AsN2O7/c1-17-8-10-20(11-9-17)24(30)27-23(16-19-6-4-3-5-7-19)25(31)28(18(2)29)22-14-12-21(13-15-22)26(32,33)35-34/h3-15,23,34H,16H2,1-2H3,(H,27,30)(H,32,33). The number of anilines is 1. The fourth-order valence-corrected chi connectivity index (χ4v) is 4.75. The van der Waals surface area contributed by atoms with Crippen molar-refractivity contribution in [3.05, 3.63) is 95.6 Å². The molecule has 0 saturated carbocycles. The van der Waals surface area contributed by atoms with E-state index in [0.717, 1.165) is 16.0 Å². The van der Waals surface area contributed by atoms with Gasteiger partial charge in [0.25, 0.3) is 0 Å². The monoisotopic (exact) mass is 540 g/mol. The SMILES string of the molecule is CC(=O)N(C(=O)C(Cc1ccccc1)NC(=O)c1ccc(C)cc1)c1ccc([As](=O)(O)OO)cc1. The van der Waals surface area contributed by atoms with E-state index in [4.69, 9.17) is 5.26 Å². The molecule has 0 aliphatic rings. The summed E-state index contributed by atoms with van der Waals surface area (Å²) in [4.78, 5) is 39.9. The van der Waals surface area contributed by atoms with Crippen LogP contribution in [0.25, 0.3) is 0 Å². The molecule has 3 amide bonds. The van der Waals surface area contributed by atoms with Crippen LogP contribution in [0.5, 0.6) is 0 Å². The van der Waals surface area contributed by atoms with Crippen LogP contribution >= 0.6 is 0 Å². The van der Waals surface area contributed by atoms with Crippen LogP contribution in [0.15, 0.2) is 78.9 Å². The maximum absolute atomic E-state index is 13.6. The van der Waals surface area contributed by atoms with Crippen LogP contribution in [0.2, 0.25) is 0 Å². The van der Waals surface area contributed by atoms with E-state index in [1.807, 2.05) is 13.0 Å². The Hall–Kier alpha value is -3.49. The average molecular weight is 540 g/mol. The third kappa shape index (κ3) is 6.55. The predicted octanol–water partition coefficient (Wildman–Crippen LogP) is 1.97. The van der Waals surface area contributed by atoms with Crippen molar-refractivity contribution in [3.63, 3.8) is 0 Å². The van der Waals surface area contributed by atoms with Crippen molar-refractivity contribution >= 4 is 41.9 Å². The van der Waals surface area contributed by atoms with Gasteiger partial charge in [0.05, 0.1) is 0 Å². The summed E-state index contributed by atoms with van der Waals surface area (Å²) in [5.74, 6) is -1.76. The third-order valence-electron chi connectivity index (χ3n) is 5.28. The number of hydrogen-bond donors (Lipinski definition) is 3. The number of rotatable bonds is 8. The number of nitrogens with one attached hydrogen (secondary N) is 1. The molecule has 0 aliphatic carbocycles. The first kappa shape index (κ1) is 26.1. The summed E-state index contributed by atoms with van der Waals surface area (Å²) >= 11 is -5.11. The molecule has 3 N–H and O–H groups in total. The molecule has 0 aromatic heterocycles. The van der Waals surface area contributed by atoms with Gasteiger partial charge >= 0.3 is 193 Å². The van der Waals surface area contributed by atoms with Crippen molar-refractivity contribution in [2.45, 2.75) is 26.3 Å². The minimum atomic E-state index is -5.11. The molecule has 3 aromatic rings. The van der Waals surface area contributed by atoms with E-state index in [-0.39, 0.29) is 16.5 Å². The van der Waals surface area contributed by atoms with Crippen molar-refractivity contribution in [2.75, 3.05) is 4.90 Å². The number of nitrogens with zero attached hydrogens (tertiary/aromatic N) is 1. The van der Waals surface area contributed by atoms with Crippen LogP contribution in [-0.4, -0.2) is 47.3 Å². The zero-order chi connectivity index (χ0) is 25.6. The summed E-state index contributed by atoms with van der Waals surface area (Å²) in [5, 5.41) is 11.4. The Balaban J connectivity index is 1.93. The Morgan fingerprint density at radius 2 is 1.57 bits per heavy atom. The van der Waals surface area contributed by atoms with Crippen LogP contribution in [0.1, 0.15) is 28.4 Å². The number of carbonyl (C=O) groups excluding carboxylic acids is 3. The second-order valence-corrected chi connectivity index (χ2v) is 11.5. The van der Waals surface area contributed by atoms with Gasteiger partial charge in [0.15, 0.2) is 0 Å². The first-order chi connectivity index (χ1) is 16.6. The van der Waals surface area contributed by atoms with Gasteiger partial charge < -0.3 is 0 Å². The molecule has 0 fully saturated rings. The Kier molecular flexibility index (Phi) is 8.42. The molecule has 2 unspecified atom stereocenters. The number of amides is 3. The van der Waals surface area contributed by atoms with E-state index in [1.54, 1.807) is 48.5 Å². The molecular weight excluding hydrogens is 515 g/mol. The molecule has 3 rings (SSSR count). The van der Waals surface area contributed by atoms with Gasteiger partial charge in [0.2, 0.25) is 0 Å². The first-order valence-corrected chi connectivity index (χ1v) is 14.0. The van der Waals surface area contributed by atoms with Crippen LogP contribution in [0.4, 0.5) is 5.69 Å². The van der Waals surface area contributed by atoms with Gasteiger partial charge in [0.1, 0.15) is 0 Å². The van der Waals surface area contributed by atoms with Crippen LogP contribution in [0, 0.1) is 6.92 Å². The van der Waals surface area contributed by atoms with E-state index in [9.17, 15) is 22.2 Å². The van der Waals surface area contributed by atoms with E-state index in [2.05, 4.69) is 9.19 Å². The van der Waals surface area contributed by atoms with Crippen molar-refractivity contribution < 1.29 is 31.4 Å². The normalized spacial score (nSPS) is 13.4. The van der Waals surface area contributed by atoms with Gasteiger partial charge in [-0.2, -0.15) is 0 Å². The molecule has 0 aliphatic heterocycles. The zero-order valence-electron chi connectivity index (χ0n) is 19.1. The molecule has 2 atom stereocenters. The summed E-state index contributed by atoms with van der Waals surface area (Å²) in [6.07, 6.45) is 0.131. The van der Waals surface area contributed by atoms with E-state index >= 15 is 0 Å². The van der Waals surface area contributed by atoms with Gasteiger partial charge in [-0.15, -0.1) is 0 Å². The molecule has 182 valence electrons. The number of benzene rings is 3. The molecular formula is C25H25AsN2O7. The molecule has 0 heterocycles. The summed E-state index contributed by atoms with van der Waals surface area (Å²) < 4.78 is 25.1.